The molecular formula is C32H30Cl3N3O4S. The minimum atomic E-state index is -2.01. The fraction of sp³-hybridized carbons (Fsp3) is 0.281. The predicted octanol–water partition coefficient (Wildman–Crippen LogP) is 7.21. The van der Waals surface area contributed by atoms with Gasteiger partial charge in [0.1, 0.15) is 0 Å². The average molecular weight is 659 g/mol. The van der Waals surface area contributed by atoms with E-state index in [1.54, 1.807) is 30.2 Å². The highest BCUT2D eigenvalue weighted by Crippen LogP contribution is 2.43. The van der Waals surface area contributed by atoms with Gasteiger partial charge in [-0.1, -0.05) is 120 Å². The van der Waals surface area contributed by atoms with E-state index in [0.717, 1.165) is 33.4 Å². The van der Waals surface area contributed by atoms with E-state index < -0.39 is 16.0 Å². The predicted molar refractivity (Wildman–Crippen MR) is 170 cm³/mol. The van der Waals surface area contributed by atoms with Crippen LogP contribution in [0.4, 0.5) is 0 Å². The number of nitrogens with one attached hydrogen (secondary N) is 1. The third kappa shape index (κ3) is 8.28. The lowest BCUT2D eigenvalue weighted by molar-refractivity contribution is -0.268. The Bertz CT molecular complexity index is 1510. The number of amides is 1. The lowest BCUT2D eigenvalue weighted by atomic mass is 9.91. The molecule has 1 aliphatic heterocycles. The number of benzene rings is 3. The van der Waals surface area contributed by atoms with Crippen LogP contribution in [0.1, 0.15) is 41.6 Å². The van der Waals surface area contributed by atoms with Gasteiger partial charge in [0.25, 0.3) is 9.70 Å². The Labute approximate surface area is 269 Å². The Morgan fingerprint density at radius 1 is 0.907 bits per heavy atom. The van der Waals surface area contributed by atoms with Gasteiger partial charge in [0.15, 0.2) is 11.4 Å². The third-order valence-corrected chi connectivity index (χ3v) is 8.68. The number of rotatable bonds is 9. The SMILES string of the molecule is C[C@@H]1[C@H](CSc2ncccn2)O[C@H](c2ccc(-c3cccc(CNC(=O)C(Cl)(Cl)Cl)c3)cc2)O[C@@H]1c1ccc(CO)cc1. The first kappa shape index (κ1) is 31.7. The Balaban J connectivity index is 1.34. The zero-order valence-electron chi connectivity index (χ0n) is 23.2. The van der Waals surface area contributed by atoms with Crippen LogP contribution in [0, 0.1) is 5.92 Å². The van der Waals surface area contributed by atoms with Gasteiger partial charge in [-0.05, 0) is 39.9 Å². The van der Waals surface area contributed by atoms with Crippen LogP contribution in [0.25, 0.3) is 11.1 Å². The molecule has 2 heterocycles. The number of halogens is 3. The van der Waals surface area contributed by atoms with Crippen molar-refractivity contribution >= 4 is 52.5 Å². The smallest absolute Gasteiger partial charge is 0.272 e. The van der Waals surface area contributed by atoms with Crippen LogP contribution in [0.5, 0.6) is 0 Å². The van der Waals surface area contributed by atoms with Crippen molar-refractivity contribution in [2.75, 3.05) is 5.75 Å². The summed E-state index contributed by atoms with van der Waals surface area (Å²) in [6, 6.07) is 25.5. The third-order valence-electron chi connectivity index (χ3n) is 7.20. The van der Waals surface area contributed by atoms with E-state index in [9.17, 15) is 9.90 Å². The van der Waals surface area contributed by atoms with Crippen LogP contribution in [0.15, 0.2) is 96.4 Å². The van der Waals surface area contributed by atoms with Gasteiger partial charge in [-0.25, -0.2) is 9.97 Å². The van der Waals surface area contributed by atoms with E-state index in [1.165, 1.54) is 0 Å². The molecule has 1 saturated heterocycles. The summed E-state index contributed by atoms with van der Waals surface area (Å²) in [4.78, 5) is 20.6. The molecule has 0 bridgehead atoms. The van der Waals surface area contributed by atoms with E-state index >= 15 is 0 Å². The number of nitrogens with zero attached hydrogens (tertiary/aromatic N) is 2. The summed E-state index contributed by atoms with van der Waals surface area (Å²) >= 11 is 18.5. The highest BCUT2D eigenvalue weighted by atomic mass is 35.6. The summed E-state index contributed by atoms with van der Waals surface area (Å²) in [5, 5.41) is 12.8. The number of aromatic nitrogens is 2. The number of thioether (sulfide) groups is 1. The van der Waals surface area contributed by atoms with Crippen molar-refractivity contribution in [3.8, 4) is 11.1 Å². The van der Waals surface area contributed by atoms with E-state index in [1.807, 2.05) is 72.8 Å². The van der Waals surface area contributed by atoms with Crippen LogP contribution in [0.3, 0.4) is 0 Å². The summed E-state index contributed by atoms with van der Waals surface area (Å²) in [6.45, 7) is 2.35. The topological polar surface area (TPSA) is 93.6 Å². The molecule has 1 aromatic heterocycles. The number of carbonyl (C=O) groups is 1. The number of aliphatic hydroxyl groups is 1. The molecule has 43 heavy (non-hydrogen) atoms. The van der Waals surface area contributed by atoms with Crippen molar-refractivity contribution in [1.29, 1.82) is 0 Å². The molecule has 4 atom stereocenters. The molecule has 11 heteroatoms. The van der Waals surface area contributed by atoms with Gasteiger partial charge in [-0.3, -0.25) is 4.79 Å². The quantitative estimate of drug-likeness (QED) is 0.112. The van der Waals surface area contributed by atoms with Crippen molar-refractivity contribution in [3.63, 3.8) is 0 Å². The van der Waals surface area contributed by atoms with Gasteiger partial charge >= 0.3 is 0 Å². The molecule has 0 radical (unpaired) electrons. The van der Waals surface area contributed by atoms with Gasteiger partial charge in [0.05, 0.1) is 18.8 Å². The van der Waals surface area contributed by atoms with Gasteiger partial charge < -0.3 is 19.9 Å². The largest absolute Gasteiger partial charge is 0.392 e. The zero-order valence-corrected chi connectivity index (χ0v) is 26.3. The molecule has 0 saturated carbocycles. The van der Waals surface area contributed by atoms with E-state index in [4.69, 9.17) is 44.3 Å². The molecule has 1 fully saturated rings. The lowest BCUT2D eigenvalue weighted by Crippen LogP contribution is -2.38. The Kier molecular flexibility index (Phi) is 10.6. The second-order valence-electron chi connectivity index (χ2n) is 10.2. The second kappa shape index (κ2) is 14.4. The second-order valence-corrected chi connectivity index (χ2v) is 13.4. The van der Waals surface area contributed by atoms with Crippen molar-refractivity contribution in [2.24, 2.45) is 5.92 Å². The van der Waals surface area contributed by atoms with Crippen LogP contribution < -0.4 is 5.32 Å². The van der Waals surface area contributed by atoms with Crippen LogP contribution in [-0.2, 0) is 27.4 Å². The summed E-state index contributed by atoms with van der Waals surface area (Å²) in [6.07, 6.45) is 2.53. The summed E-state index contributed by atoms with van der Waals surface area (Å²) in [5.41, 5.74) is 5.61. The molecule has 0 spiro atoms. The maximum atomic E-state index is 11.9. The fourth-order valence-electron chi connectivity index (χ4n) is 4.80. The number of hydrogen-bond donors (Lipinski definition) is 2. The first-order valence-corrected chi connectivity index (χ1v) is 15.8. The average Bonchev–Trinajstić information content (AvgIpc) is 3.03. The first-order chi connectivity index (χ1) is 20.7. The van der Waals surface area contributed by atoms with Crippen LogP contribution in [0.2, 0.25) is 0 Å². The van der Waals surface area contributed by atoms with Crippen LogP contribution in [-0.4, -0.2) is 36.6 Å². The zero-order chi connectivity index (χ0) is 30.4. The van der Waals surface area contributed by atoms with Gasteiger partial charge in [0, 0.05) is 36.2 Å². The van der Waals surface area contributed by atoms with Crippen molar-refractivity contribution in [3.05, 3.63) is 114 Å². The molecule has 2 N–H and O–H groups in total. The lowest BCUT2D eigenvalue weighted by Gasteiger charge is -2.41. The molecule has 3 aromatic carbocycles. The molecular weight excluding hydrogens is 629 g/mol. The molecule has 5 rings (SSSR count). The molecule has 7 nitrogen and oxygen atoms in total. The number of ether oxygens (including phenoxy) is 2. The van der Waals surface area contributed by atoms with E-state index in [2.05, 4.69) is 22.2 Å². The minimum Gasteiger partial charge on any atom is -0.392 e. The maximum absolute atomic E-state index is 11.9. The van der Waals surface area contributed by atoms with Crippen molar-refractivity contribution in [1.82, 2.24) is 15.3 Å². The number of alkyl halides is 3. The molecule has 0 unspecified atom stereocenters. The standard InChI is InChI=1S/C32H30Cl3N3O4S/c1-20-27(19-43-31-36-14-3-15-37-31)41-29(42-28(20)24-8-6-21(18-39)7-9-24)25-12-10-23(11-13-25)26-5-2-4-22(16-26)17-38-30(40)32(33,34)35/h2-16,20,27-29,39H,17-19H2,1H3,(H,38,40)/t20-,27+,28+,29+/m1/s1. The fourth-order valence-corrected chi connectivity index (χ4v) is 5.97. The minimum absolute atomic E-state index is 0.0116. The maximum Gasteiger partial charge on any atom is 0.272 e. The van der Waals surface area contributed by atoms with Gasteiger partial charge in [-0.2, -0.15) is 0 Å². The summed E-state index contributed by atoms with van der Waals surface area (Å²) in [5.74, 6) is 0.0388. The number of carbonyl (C=O) groups excluding carboxylic acids is 1. The summed E-state index contributed by atoms with van der Waals surface area (Å²) < 4.78 is 11.1. The molecule has 1 aliphatic rings. The Morgan fingerprint density at radius 3 is 2.28 bits per heavy atom. The van der Waals surface area contributed by atoms with Gasteiger partial charge in [0.2, 0.25) is 0 Å². The van der Waals surface area contributed by atoms with Gasteiger partial charge in [-0.15, -0.1) is 0 Å². The monoisotopic (exact) mass is 657 g/mol. The Hall–Kier alpha value is -2.69. The molecule has 4 aromatic rings. The van der Waals surface area contributed by atoms with Crippen molar-refractivity contribution in [2.45, 2.75) is 47.5 Å². The van der Waals surface area contributed by atoms with E-state index in [-0.39, 0.29) is 31.3 Å². The normalized spacial score (nSPS) is 20.5. The molecule has 224 valence electrons. The highest BCUT2D eigenvalue weighted by molar-refractivity contribution is 7.99. The Morgan fingerprint density at radius 2 is 1.60 bits per heavy atom. The molecule has 0 aliphatic carbocycles. The van der Waals surface area contributed by atoms with Crippen molar-refractivity contribution < 1.29 is 19.4 Å². The first-order valence-electron chi connectivity index (χ1n) is 13.7. The van der Waals surface area contributed by atoms with Crippen LogP contribution >= 0.6 is 46.6 Å². The van der Waals surface area contributed by atoms with E-state index in [0.29, 0.717) is 10.9 Å². The highest BCUT2D eigenvalue weighted by Gasteiger charge is 2.38. The molecule has 1 amide bonds. The number of aliphatic hydroxyl groups excluding tert-OH is 1. The number of hydrogen-bond acceptors (Lipinski definition) is 7. The summed E-state index contributed by atoms with van der Waals surface area (Å²) in [7, 11) is 0.